The summed E-state index contributed by atoms with van der Waals surface area (Å²) in [6.07, 6.45) is 6.89. The molecule has 2 aliphatic carbocycles. The van der Waals surface area contributed by atoms with Gasteiger partial charge in [-0.25, -0.2) is 0 Å². The Labute approximate surface area is 48.4 Å². The Morgan fingerprint density at radius 2 is 2.62 bits per heavy atom. The zero-order chi connectivity index (χ0) is 5.56. The van der Waals surface area contributed by atoms with Gasteiger partial charge in [-0.2, -0.15) is 0 Å². The van der Waals surface area contributed by atoms with Crippen LogP contribution in [-0.4, -0.2) is 5.78 Å². The van der Waals surface area contributed by atoms with E-state index in [-0.39, 0.29) is 5.92 Å². The van der Waals surface area contributed by atoms with Gasteiger partial charge in [-0.1, -0.05) is 6.08 Å². The second-order valence-corrected chi connectivity index (χ2v) is 2.54. The summed E-state index contributed by atoms with van der Waals surface area (Å²) in [5.41, 5.74) is 0. The molecule has 0 heterocycles. The first-order valence-electron chi connectivity index (χ1n) is 2.98. The van der Waals surface area contributed by atoms with E-state index in [0.717, 1.165) is 12.8 Å². The Balaban J connectivity index is 2.35. The number of hydrogen-bond donors (Lipinski definition) is 0. The van der Waals surface area contributed by atoms with Gasteiger partial charge < -0.3 is 0 Å². The average Bonchev–Trinajstić information content (AvgIpc) is 2.23. The van der Waals surface area contributed by atoms with Crippen molar-refractivity contribution >= 4 is 5.78 Å². The minimum atomic E-state index is 0.264. The molecular weight excluding hydrogens is 100 g/mol. The molecule has 0 saturated heterocycles. The van der Waals surface area contributed by atoms with Crippen molar-refractivity contribution in [2.24, 2.45) is 11.8 Å². The van der Waals surface area contributed by atoms with Crippen LogP contribution in [0.1, 0.15) is 12.8 Å². The van der Waals surface area contributed by atoms with Gasteiger partial charge in [-0.3, -0.25) is 4.79 Å². The second kappa shape index (κ2) is 1.22. The average molecular weight is 107 g/mol. The second-order valence-electron chi connectivity index (χ2n) is 2.54. The molecule has 2 aliphatic rings. The molecule has 0 amide bonds. The van der Waals surface area contributed by atoms with E-state index in [4.69, 9.17) is 0 Å². The third-order valence-electron chi connectivity index (χ3n) is 1.93. The van der Waals surface area contributed by atoms with Crippen molar-refractivity contribution in [2.45, 2.75) is 12.8 Å². The van der Waals surface area contributed by atoms with Crippen LogP contribution in [0.4, 0.5) is 0 Å². The van der Waals surface area contributed by atoms with Gasteiger partial charge in [0.15, 0.2) is 0 Å². The number of carbonyl (C=O) groups is 1. The molecule has 1 heteroatoms. The highest BCUT2D eigenvalue weighted by Gasteiger charge is 2.33. The molecule has 0 aromatic rings. The molecule has 1 nitrogen and oxygen atoms in total. The lowest BCUT2D eigenvalue weighted by Crippen LogP contribution is -2.03. The van der Waals surface area contributed by atoms with Gasteiger partial charge >= 0.3 is 0 Å². The lowest BCUT2D eigenvalue weighted by atomic mass is 10.1. The Hall–Kier alpha value is -0.590. The molecule has 41 valence electrons. The van der Waals surface area contributed by atoms with Gasteiger partial charge in [0.05, 0.1) is 0 Å². The SMILES string of the molecule is O=C1CC2[C]=CC1C2. The maximum atomic E-state index is 10.8. The van der Waals surface area contributed by atoms with Gasteiger partial charge in [0.2, 0.25) is 0 Å². The van der Waals surface area contributed by atoms with Crippen LogP contribution in [0.15, 0.2) is 6.08 Å². The number of hydrogen-bond acceptors (Lipinski definition) is 1. The van der Waals surface area contributed by atoms with E-state index in [2.05, 4.69) is 6.08 Å². The fourth-order valence-corrected chi connectivity index (χ4v) is 1.46. The van der Waals surface area contributed by atoms with Crippen LogP contribution in [0.5, 0.6) is 0 Å². The Morgan fingerprint density at radius 1 is 1.75 bits per heavy atom. The first-order chi connectivity index (χ1) is 3.86. The topological polar surface area (TPSA) is 17.1 Å². The fourth-order valence-electron chi connectivity index (χ4n) is 1.46. The molecule has 0 N–H and O–H groups in total. The molecule has 1 radical (unpaired) electrons. The van der Waals surface area contributed by atoms with Crippen LogP contribution in [0, 0.1) is 17.9 Å². The molecule has 8 heavy (non-hydrogen) atoms. The van der Waals surface area contributed by atoms with Crippen molar-refractivity contribution in [2.75, 3.05) is 0 Å². The first kappa shape index (κ1) is 4.30. The Kier molecular flexibility index (Phi) is 0.655. The predicted octanol–water partition coefficient (Wildman–Crippen LogP) is 0.955. The quantitative estimate of drug-likeness (QED) is 0.450. The largest absolute Gasteiger partial charge is 0.299 e. The highest BCUT2D eigenvalue weighted by Crippen LogP contribution is 2.34. The number of ketones is 1. The van der Waals surface area contributed by atoms with Gasteiger partial charge in [0.1, 0.15) is 5.78 Å². The predicted molar refractivity (Wildman–Crippen MR) is 29.0 cm³/mol. The summed E-state index contributed by atoms with van der Waals surface area (Å²) in [5.74, 6) is 1.18. The van der Waals surface area contributed by atoms with Crippen LogP contribution >= 0.6 is 0 Å². The molecule has 0 aliphatic heterocycles. The Morgan fingerprint density at radius 3 is 2.88 bits per heavy atom. The molecule has 0 spiro atoms. The number of rotatable bonds is 0. The van der Waals surface area contributed by atoms with Gasteiger partial charge in [-0.05, 0) is 18.4 Å². The fraction of sp³-hybridized carbons (Fsp3) is 0.571. The summed E-state index contributed by atoms with van der Waals surface area (Å²) in [6, 6.07) is 0. The molecular formula is C7H7O. The van der Waals surface area contributed by atoms with E-state index in [9.17, 15) is 4.79 Å². The van der Waals surface area contributed by atoms with Crippen LogP contribution in [0.2, 0.25) is 0 Å². The highest BCUT2D eigenvalue weighted by atomic mass is 16.1. The van der Waals surface area contributed by atoms with Crippen molar-refractivity contribution in [1.82, 2.24) is 0 Å². The summed E-state index contributed by atoms with van der Waals surface area (Å²) in [6.45, 7) is 0. The van der Waals surface area contributed by atoms with E-state index in [1.165, 1.54) is 0 Å². The lowest BCUT2D eigenvalue weighted by Gasteiger charge is -1.96. The molecule has 0 aromatic heterocycles. The van der Waals surface area contributed by atoms with Crippen molar-refractivity contribution in [1.29, 1.82) is 0 Å². The van der Waals surface area contributed by atoms with E-state index >= 15 is 0 Å². The lowest BCUT2D eigenvalue weighted by molar-refractivity contribution is -0.119. The third-order valence-corrected chi connectivity index (χ3v) is 1.93. The summed E-state index contributed by atoms with van der Waals surface area (Å²) in [4.78, 5) is 10.8. The number of fused-ring (bicyclic) bond motifs is 2. The molecule has 1 fully saturated rings. The van der Waals surface area contributed by atoms with Crippen molar-refractivity contribution in [3.05, 3.63) is 12.2 Å². The molecule has 2 rings (SSSR count). The van der Waals surface area contributed by atoms with Crippen molar-refractivity contribution in [3.63, 3.8) is 0 Å². The smallest absolute Gasteiger partial charge is 0.140 e. The van der Waals surface area contributed by atoms with Crippen LogP contribution < -0.4 is 0 Å². The van der Waals surface area contributed by atoms with E-state index in [1.807, 2.05) is 6.08 Å². The minimum absolute atomic E-state index is 0.264. The minimum Gasteiger partial charge on any atom is -0.299 e. The number of allylic oxidation sites excluding steroid dienone is 2. The monoisotopic (exact) mass is 107 g/mol. The highest BCUT2D eigenvalue weighted by molar-refractivity contribution is 5.86. The van der Waals surface area contributed by atoms with Crippen molar-refractivity contribution < 1.29 is 4.79 Å². The Bertz CT molecular complexity index is 158. The maximum absolute atomic E-state index is 10.8. The van der Waals surface area contributed by atoms with E-state index in [0.29, 0.717) is 11.7 Å². The molecule has 1 saturated carbocycles. The third kappa shape index (κ3) is 0.391. The van der Waals surface area contributed by atoms with Gasteiger partial charge in [-0.15, -0.1) is 0 Å². The molecule has 0 aromatic carbocycles. The van der Waals surface area contributed by atoms with Gasteiger partial charge in [0.25, 0.3) is 0 Å². The molecule has 2 atom stereocenters. The summed E-state index contributed by atoms with van der Waals surface area (Å²) < 4.78 is 0. The molecule has 2 bridgehead atoms. The van der Waals surface area contributed by atoms with Crippen LogP contribution in [-0.2, 0) is 4.79 Å². The standard InChI is InChI=1S/C7H7O/c8-7-4-5-1-2-6(7)3-5/h2,5-6H,3-4H2. The summed E-state index contributed by atoms with van der Waals surface area (Å²) in [5, 5.41) is 0. The zero-order valence-electron chi connectivity index (χ0n) is 4.55. The first-order valence-corrected chi connectivity index (χ1v) is 2.98. The van der Waals surface area contributed by atoms with E-state index < -0.39 is 0 Å². The maximum Gasteiger partial charge on any atom is 0.140 e. The van der Waals surface area contributed by atoms with Crippen LogP contribution in [0.25, 0.3) is 0 Å². The molecule has 2 unspecified atom stereocenters. The summed E-state index contributed by atoms with van der Waals surface area (Å²) in [7, 11) is 0. The van der Waals surface area contributed by atoms with Crippen LogP contribution in [0.3, 0.4) is 0 Å². The van der Waals surface area contributed by atoms with E-state index in [1.54, 1.807) is 0 Å². The summed E-state index contributed by atoms with van der Waals surface area (Å²) >= 11 is 0. The zero-order valence-corrected chi connectivity index (χ0v) is 4.55. The van der Waals surface area contributed by atoms with Crippen molar-refractivity contribution in [3.8, 4) is 0 Å². The number of carbonyl (C=O) groups excluding carboxylic acids is 1. The van der Waals surface area contributed by atoms with Gasteiger partial charge in [0, 0.05) is 12.3 Å². The normalized spacial score (nSPS) is 41.8. The number of Topliss-reactive ketones (excluding diaryl/α,β-unsaturated/α-hetero) is 1.